The molecule has 0 radical (unpaired) electrons. The Labute approximate surface area is 161 Å². The predicted octanol–water partition coefficient (Wildman–Crippen LogP) is 5.51. The molecule has 1 aliphatic rings. The van der Waals surface area contributed by atoms with Crippen molar-refractivity contribution in [1.82, 2.24) is 0 Å². The zero-order chi connectivity index (χ0) is 18.0. The number of methoxy groups -OCH3 is 1. The summed E-state index contributed by atoms with van der Waals surface area (Å²) in [4.78, 5) is 14.8. The second-order valence-corrected chi connectivity index (χ2v) is 7.03. The van der Waals surface area contributed by atoms with E-state index in [0.29, 0.717) is 15.7 Å². The van der Waals surface area contributed by atoms with Crippen LogP contribution in [0.4, 0.5) is 11.4 Å². The van der Waals surface area contributed by atoms with Gasteiger partial charge in [-0.3, -0.25) is 4.79 Å². The molecule has 1 aliphatic heterocycles. The van der Waals surface area contributed by atoms with E-state index in [1.807, 2.05) is 12.1 Å². The first kappa shape index (κ1) is 18.2. The molecular formula is C18H17Cl3N2O2. The van der Waals surface area contributed by atoms with E-state index in [4.69, 9.17) is 39.5 Å². The Kier molecular flexibility index (Phi) is 5.62. The molecular weight excluding hydrogens is 383 g/mol. The predicted molar refractivity (Wildman–Crippen MR) is 104 cm³/mol. The van der Waals surface area contributed by atoms with Crippen molar-refractivity contribution in [3.05, 3.63) is 51.0 Å². The van der Waals surface area contributed by atoms with E-state index >= 15 is 0 Å². The lowest BCUT2D eigenvalue weighted by Gasteiger charge is -2.19. The van der Waals surface area contributed by atoms with Crippen molar-refractivity contribution in [2.45, 2.75) is 12.8 Å². The van der Waals surface area contributed by atoms with Crippen molar-refractivity contribution in [3.8, 4) is 5.75 Å². The molecule has 0 spiro atoms. The Morgan fingerprint density at radius 1 is 1.08 bits per heavy atom. The molecule has 4 nitrogen and oxygen atoms in total. The van der Waals surface area contributed by atoms with Gasteiger partial charge >= 0.3 is 0 Å². The van der Waals surface area contributed by atoms with Crippen LogP contribution in [0.25, 0.3) is 0 Å². The van der Waals surface area contributed by atoms with E-state index in [2.05, 4.69) is 10.2 Å². The van der Waals surface area contributed by atoms with Crippen molar-refractivity contribution >= 4 is 52.1 Å². The number of benzene rings is 2. The fraction of sp³-hybridized carbons (Fsp3) is 0.278. The molecule has 1 N–H and O–H groups in total. The molecule has 3 rings (SSSR count). The van der Waals surface area contributed by atoms with Crippen LogP contribution in [0.3, 0.4) is 0 Å². The molecule has 1 saturated heterocycles. The summed E-state index contributed by atoms with van der Waals surface area (Å²) < 4.78 is 5.22. The molecule has 1 amide bonds. The highest BCUT2D eigenvalue weighted by Crippen LogP contribution is 2.34. The second-order valence-electron chi connectivity index (χ2n) is 5.78. The summed E-state index contributed by atoms with van der Waals surface area (Å²) in [5.74, 6) is -0.0883. The van der Waals surface area contributed by atoms with Crippen molar-refractivity contribution < 1.29 is 9.53 Å². The standard InChI is InChI=1S/C18H17Cl3N2O2/c1-25-17-13(8-11(19)9-15(17)21)18(24)22-12-4-5-16(14(20)10-12)23-6-2-3-7-23/h4-5,8-10H,2-3,6-7H2,1H3,(H,22,24). The summed E-state index contributed by atoms with van der Waals surface area (Å²) >= 11 is 18.5. The first-order valence-corrected chi connectivity index (χ1v) is 9.02. The number of rotatable bonds is 4. The number of carbonyl (C=O) groups is 1. The smallest absolute Gasteiger partial charge is 0.259 e. The summed E-state index contributed by atoms with van der Waals surface area (Å²) in [7, 11) is 1.45. The van der Waals surface area contributed by atoms with Crippen LogP contribution in [-0.2, 0) is 0 Å². The quantitative estimate of drug-likeness (QED) is 0.737. The zero-order valence-corrected chi connectivity index (χ0v) is 15.9. The van der Waals surface area contributed by atoms with Gasteiger partial charge in [0.1, 0.15) is 5.75 Å². The molecule has 0 aliphatic carbocycles. The molecule has 7 heteroatoms. The molecule has 1 heterocycles. The first-order chi connectivity index (χ1) is 12.0. The first-order valence-electron chi connectivity index (χ1n) is 7.88. The summed E-state index contributed by atoms with van der Waals surface area (Å²) in [5, 5.41) is 4.05. The molecule has 0 saturated carbocycles. The number of ether oxygens (including phenoxy) is 1. The van der Waals surface area contributed by atoms with E-state index in [9.17, 15) is 4.79 Å². The minimum absolute atomic E-state index is 0.264. The zero-order valence-electron chi connectivity index (χ0n) is 13.6. The Morgan fingerprint density at radius 2 is 1.80 bits per heavy atom. The monoisotopic (exact) mass is 398 g/mol. The van der Waals surface area contributed by atoms with E-state index in [1.54, 1.807) is 6.07 Å². The van der Waals surface area contributed by atoms with Crippen LogP contribution < -0.4 is 15.0 Å². The molecule has 0 bridgehead atoms. The van der Waals surface area contributed by atoms with Gasteiger partial charge in [0.05, 0.1) is 28.4 Å². The van der Waals surface area contributed by atoms with Gasteiger partial charge in [0.2, 0.25) is 0 Å². The van der Waals surface area contributed by atoms with Gasteiger partial charge in [-0.1, -0.05) is 34.8 Å². The van der Waals surface area contributed by atoms with Crippen LogP contribution in [0.5, 0.6) is 5.75 Å². The Hall–Kier alpha value is -1.62. The van der Waals surface area contributed by atoms with Crippen molar-refractivity contribution in [2.75, 3.05) is 30.4 Å². The van der Waals surface area contributed by atoms with Crippen molar-refractivity contribution in [1.29, 1.82) is 0 Å². The third-order valence-electron chi connectivity index (χ3n) is 4.11. The number of anilines is 2. The number of halogens is 3. The van der Waals surface area contributed by atoms with E-state index in [1.165, 1.54) is 32.1 Å². The highest BCUT2D eigenvalue weighted by molar-refractivity contribution is 6.36. The summed E-state index contributed by atoms with van der Waals surface area (Å²) in [6, 6.07) is 8.54. The average Bonchev–Trinajstić information content (AvgIpc) is 3.08. The van der Waals surface area contributed by atoms with Gasteiger partial charge in [0.25, 0.3) is 5.91 Å². The topological polar surface area (TPSA) is 41.6 Å². The van der Waals surface area contributed by atoms with Crippen LogP contribution in [0.2, 0.25) is 15.1 Å². The highest BCUT2D eigenvalue weighted by atomic mass is 35.5. The SMILES string of the molecule is COc1c(Cl)cc(Cl)cc1C(=O)Nc1ccc(N2CCCC2)c(Cl)c1. The maximum absolute atomic E-state index is 12.6. The minimum Gasteiger partial charge on any atom is -0.494 e. The molecule has 2 aromatic rings. The van der Waals surface area contributed by atoms with Gasteiger partial charge in [-0.15, -0.1) is 0 Å². The highest BCUT2D eigenvalue weighted by Gasteiger charge is 2.19. The molecule has 0 aromatic heterocycles. The van der Waals surface area contributed by atoms with Gasteiger partial charge < -0.3 is 15.0 Å². The van der Waals surface area contributed by atoms with Crippen LogP contribution in [0.1, 0.15) is 23.2 Å². The number of nitrogens with one attached hydrogen (secondary N) is 1. The summed E-state index contributed by atoms with van der Waals surface area (Å²) in [6.45, 7) is 2.01. The molecule has 0 atom stereocenters. The molecule has 2 aromatic carbocycles. The Balaban J connectivity index is 1.83. The molecule has 0 unspecified atom stereocenters. The number of hydrogen-bond donors (Lipinski definition) is 1. The lowest BCUT2D eigenvalue weighted by Crippen LogP contribution is -2.18. The number of carbonyl (C=O) groups excluding carboxylic acids is 1. The summed E-state index contributed by atoms with van der Waals surface area (Å²) in [5.41, 5.74) is 1.84. The van der Waals surface area contributed by atoms with Gasteiger partial charge in [-0.2, -0.15) is 0 Å². The fourth-order valence-corrected chi connectivity index (χ4v) is 3.80. The summed E-state index contributed by atoms with van der Waals surface area (Å²) in [6.07, 6.45) is 2.34. The maximum atomic E-state index is 12.6. The van der Waals surface area contributed by atoms with Crippen LogP contribution >= 0.6 is 34.8 Å². The Bertz CT molecular complexity index is 805. The number of nitrogens with zero attached hydrogens (tertiary/aromatic N) is 1. The second kappa shape index (κ2) is 7.73. The molecule has 25 heavy (non-hydrogen) atoms. The minimum atomic E-state index is -0.369. The largest absolute Gasteiger partial charge is 0.494 e. The Morgan fingerprint density at radius 3 is 2.44 bits per heavy atom. The third kappa shape index (κ3) is 3.97. The van der Waals surface area contributed by atoms with Crippen molar-refractivity contribution in [3.63, 3.8) is 0 Å². The number of hydrogen-bond acceptors (Lipinski definition) is 3. The molecule has 1 fully saturated rings. The van der Waals surface area contributed by atoms with Crippen LogP contribution in [0.15, 0.2) is 30.3 Å². The van der Waals surface area contributed by atoms with Crippen molar-refractivity contribution in [2.24, 2.45) is 0 Å². The van der Waals surface area contributed by atoms with E-state index in [-0.39, 0.29) is 22.2 Å². The normalized spacial score (nSPS) is 13.8. The average molecular weight is 400 g/mol. The van der Waals surface area contributed by atoms with Gasteiger partial charge in [0, 0.05) is 23.8 Å². The third-order valence-corrected chi connectivity index (χ3v) is 4.91. The lowest BCUT2D eigenvalue weighted by molar-refractivity contribution is 0.102. The van der Waals surface area contributed by atoms with E-state index in [0.717, 1.165) is 18.8 Å². The van der Waals surface area contributed by atoms with Crippen LogP contribution in [0, 0.1) is 0 Å². The fourth-order valence-electron chi connectivity index (χ4n) is 2.93. The van der Waals surface area contributed by atoms with Gasteiger partial charge in [-0.05, 0) is 43.2 Å². The maximum Gasteiger partial charge on any atom is 0.259 e. The van der Waals surface area contributed by atoms with Crippen LogP contribution in [-0.4, -0.2) is 26.1 Å². The number of amides is 1. The van der Waals surface area contributed by atoms with Gasteiger partial charge in [-0.25, -0.2) is 0 Å². The lowest BCUT2D eigenvalue weighted by atomic mass is 10.1. The molecule has 132 valence electrons. The van der Waals surface area contributed by atoms with E-state index < -0.39 is 0 Å². The van der Waals surface area contributed by atoms with Gasteiger partial charge in [0.15, 0.2) is 0 Å².